The van der Waals surface area contributed by atoms with E-state index in [4.69, 9.17) is 12.2 Å². The van der Waals surface area contributed by atoms with Crippen LogP contribution in [0.5, 0.6) is 0 Å². The van der Waals surface area contributed by atoms with Crippen molar-refractivity contribution in [1.29, 1.82) is 0 Å². The third-order valence-corrected chi connectivity index (χ3v) is 5.31. The largest absolute Gasteiger partial charge is 0.371 e. The van der Waals surface area contributed by atoms with E-state index in [2.05, 4.69) is 4.90 Å². The molecule has 2 heterocycles. The highest BCUT2D eigenvalue weighted by Gasteiger charge is 2.30. The fourth-order valence-corrected chi connectivity index (χ4v) is 4.09. The molecule has 2 saturated heterocycles. The molecule has 0 unspecified atom stereocenters. The zero-order valence-corrected chi connectivity index (χ0v) is 14.0. The van der Waals surface area contributed by atoms with Crippen LogP contribution in [0.4, 0.5) is 10.1 Å². The Labute approximate surface area is 139 Å². The average Bonchev–Trinajstić information content (AvgIpc) is 3.11. The van der Waals surface area contributed by atoms with Crippen LogP contribution in [0.2, 0.25) is 0 Å². The summed E-state index contributed by atoms with van der Waals surface area (Å²) in [6.07, 6.45) is 3.91. The zero-order valence-electron chi connectivity index (χ0n) is 12.3. The molecule has 2 aliphatic heterocycles. The van der Waals surface area contributed by atoms with Crippen molar-refractivity contribution >= 4 is 46.0 Å². The lowest BCUT2D eigenvalue weighted by atomic mass is 10.1. The summed E-state index contributed by atoms with van der Waals surface area (Å²) < 4.78 is 14.9. The lowest BCUT2D eigenvalue weighted by Crippen LogP contribution is -2.27. The minimum Gasteiger partial charge on any atom is -0.371 e. The van der Waals surface area contributed by atoms with Gasteiger partial charge in [-0.1, -0.05) is 24.0 Å². The fraction of sp³-hybridized carbons (Fsp3) is 0.375. The first kappa shape index (κ1) is 15.5. The second-order valence-electron chi connectivity index (χ2n) is 5.33. The van der Waals surface area contributed by atoms with Crippen molar-refractivity contribution in [1.82, 2.24) is 4.90 Å². The van der Waals surface area contributed by atoms with Crippen LogP contribution in [0.3, 0.4) is 0 Å². The predicted octanol–water partition coefficient (Wildman–Crippen LogP) is 3.65. The molecular formula is C16H17FN2OS2. The highest BCUT2D eigenvalue weighted by atomic mass is 32.2. The molecule has 0 aliphatic carbocycles. The van der Waals surface area contributed by atoms with Crippen molar-refractivity contribution in [3.8, 4) is 0 Å². The van der Waals surface area contributed by atoms with E-state index in [1.54, 1.807) is 18.2 Å². The van der Waals surface area contributed by atoms with Gasteiger partial charge in [-0.25, -0.2) is 4.39 Å². The molecule has 0 spiro atoms. The zero-order chi connectivity index (χ0) is 15.7. The molecule has 2 aliphatic rings. The van der Waals surface area contributed by atoms with Gasteiger partial charge in [-0.3, -0.25) is 9.69 Å². The van der Waals surface area contributed by atoms with Gasteiger partial charge >= 0.3 is 0 Å². The molecule has 0 bridgehead atoms. The van der Waals surface area contributed by atoms with Crippen LogP contribution in [0.1, 0.15) is 25.3 Å². The Kier molecular flexibility index (Phi) is 4.49. The Balaban J connectivity index is 1.85. The highest BCUT2D eigenvalue weighted by molar-refractivity contribution is 8.26. The van der Waals surface area contributed by atoms with Crippen LogP contribution in [0.15, 0.2) is 23.1 Å². The van der Waals surface area contributed by atoms with E-state index in [-0.39, 0.29) is 11.7 Å². The maximum Gasteiger partial charge on any atom is 0.266 e. The minimum absolute atomic E-state index is 0.138. The molecule has 22 heavy (non-hydrogen) atoms. The predicted molar refractivity (Wildman–Crippen MR) is 93.4 cm³/mol. The van der Waals surface area contributed by atoms with E-state index >= 15 is 0 Å². The van der Waals surface area contributed by atoms with Crippen LogP contribution >= 0.6 is 24.0 Å². The van der Waals surface area contributed by atoms with Crippen LogP contribution in [-0.2, 0) is 4.79 Å². The van der Waals surface area contributed by atoms with E-state index in [0.29, 0.717) is 21.3 Å². The lowest BCUT2D eigenvalue weighted by molar-refractivity contribution is -0.121. The standard InChI is InChI=1S/C16H17FN2OS2/c1-2-19-15(20)14(22-16(19)21)9-11-5-6-12(10-13(11)17)18-7-3-4-8-18/h5-6,9-10H,2-4,7-8H2,1H3/b14-9-. The first-order valence-electron chi connectivity index (χ1n) is 7.40. The number of nitrogens with zero attached hydrogens (tertiary/aromatic N) is 2. The number of anilines is 1. The summed E-state index contributed by atoms with van der Waals surface area (Å²) in [7, 11) is 0. The fourth-order valence-electron chi connectivity index (χ4n) is 2.72. The summed E-state index contributed by atoms with van der Waals surface area (Å²) in [6.45, 7) is 4.37. The van der Waals surface area contributed by atoms with E-state index in [1.807, 2.05) is 13.0 Å². The molecule has 0 atom stereocenters. The van der Waals surface area contributed by atoms with Gasteiger partial charge in [0.15, 0.2) is 0 Å². The van der Waals surface area contributed by atoms with E-state index in [9.17, 15) is 9.18 Å². The first-order valence-corrected chi connectivity index (χ1v) is 8.62. The van der Waals surface area contributed by atoms with Gasteiger partial charge < -0.3 is 4.90 Å². The Hall–Kier alpha value is -1.40. The van der Waals surface area contributed by atoms with Gasteiger partial charge in [-0.2, -0.15) is 0 Å². The van der Waals surface area contributed by atoms with E-state index < -0.39 is 0 Å². The van der Waals surface area contributed by atoms with Gasteiger partial charge in [-0.15, -0.1) is 0 Å². The second-order valence-corrected chi connectivity index (χ2v) is 7.00. The molecule has 1 aromatic carbocycles. The van der Waals surface area contributed by atoms with Crippen molar-refractivity contribution in [2.45, 2.75) is 19.8 Å². The molecular weight excluding hydrogens is 319 g/mol. The number of hydrogen-bond donors (Lipinski definition) is 0. The quantitative estimate of drug-likeness (QED) is 0.621. The van der Waals surface area contributed by atoms with Crippen molar-refractivity contribution in [3.05, 3.63) is 34.5 Å². The Morgan fingerprint density at radius 1 is 1.36 bits per heavy atom. The Morgan fingerprint density at radius 2 is 2.09 bits per heavy atom. The maximum atomic E-state index is 14.3. The van der Waals surface area contributed by atoms with Crippen molar-refractivity contribution in [2.75, 3.05) is 24.5 Å². The second kappa shape index (κ2) is 6.38. The maximum absolute atomic E-state index is 14.3. The third kappa shape index (κ3) is 2.90. The van der Waals surface area contributed by atoms with E-state index in [1.165, 1.54) is 16.7 Å². The number of rotatable bonds is 3. The summed E-state index contributed by atoms with van der Waals surface area (Å²) in [5.74, 6) is -0.438. The number of benzene rings is 1. The molecule has 2 fully saturated rings. The molecule has 3 nitrogen and oxygen atoms in total. The molecule has 0 aromatic heterocycles. The average molecular weight is 336 g/mol. The topological polar surface area (TPSA) is 23.6 Å². The minimum atomic E-state index is -0.300. The van der Waals surface area contributed by atoms with Crippen LogP contribution in [0.25, 0.3) is 6.08 Å². The Morgan fingerprint density at radius 3 is 2.68 bits per heavy atom. The van der Waals surface area contributed by atoms with Crippen molar-refractivity contribution in [2.24, 2.45) is 0 Å². The van der Waals surface area contributed by atoms with Gasteiger partial charge in [0.05, 0.1) is 4.91 Å². The normalized spacial score (nSPS) is 20.5. The van der Waals surface area contributed by atoms with Crippen LogP contribution in [-0.4, -0.2) is 34.8 Å². The van der Waals surface area contributed by atoms with Gasteiger partial charge in [0.25, 0.3) is 5.91 Å². The third-order valence-electron chi connectivity index (χ3n) is 3.93. The number of carbonyl (C=O) groups is 1. The van der Waals surface area contributed by atoms with Crippen molar-refractivity contribution < 1.29 is 9.18 Å². The summed E-state index contributed by atoms with van der Waals surface area (Å²) in [4.78, 5) is 16.4. The SMILES string of the molecule is CCN1C(=O)/C(=C/c2ccc(N3CCCC3)cc2F)SC1=S. The smallest absolute Gasteiger partial charge is 0.266 e. The molecule has 116 valence electrons. The van der Waals surface area contributed by atoms with Crippen LogP contribution in [0, 0.1) is 5.82 Å². The summed E-state index contributed by atoms with van der Waals surface area (Å²) in [5, 5.41) is 0. The van der Waals surface area contributed by atoms with E-state index in [0.717, 1.165) is 31.6 Å². The first-order chi connectivity index (χ1) is 10.6. The lowest BCUT2D eigenvalue weighted by Gasteiger charge is -2.17. The highest BCUT2D eigenvalue weighted by Crippen LogP contribution is 2.33. The number of halogens is 1. The summed E-state index contributed by atoms with van der Waals surface area (Å²) >= 11 is 6.39. The summed E-state index contributed by atoms with van der Waals surface area (Å²) in [6, 6.07) is 5.21. The molecule has 1 amide bonds. The molecule has 6 heteroatoms. The monoisotopic (exact) mass is 336 g/mol. The van der Waals surface area contributed by atoms with Crippen LogP contribution < -0.4 is 4.90 Å². The molecule has 0 saturated carbocycles. The number of hydrogen-bond acceptors (Lipinski definition) is 4. The molecule has 3 rings (SSSR count). The Bertz CT molecular complexity index is 654. The van der Waals surface area contributed by atoms with Gasteiger partial charge in [0, 0.05) is 30.9 Å². The number of carbonyl (C=O) groups excluding carboxylic acids is 1. The molecule has 0 N–H and O–H groups in total. The number of thioether (sulfide) groups is 1. The van der Waals surface area contributed by atoms with Gasteiger partial charge in [-0.05, 0) is 44.0 Å². The van der Waals surface area contributed by atoms with Crippen molar-refractivity contribution in [3.63, 3.8) is 0 Å². The van der Waals surface area contributed by atoms with Gasteiger partial charge in [0.2, 0.25) is 0 Å². The number of thiocarbonyl (C=S) groups is 1. The number of amides is 1. The molecule has 1 aromatic rings. The summed E-state index contributed by atoms with van der Waals surface area (Å²) in [5.41, 5.74) is 1.34. The molecule has 0 radical (unpaired) electrons. The van der Waals surface area contributed by atoms with Gasteiger partial charge in [0.1, 0.15) is 10.1 Å². The number of likely N-dealkylation sites (N-methyl/N-ethyl adjacent to an activating group) is 1.